The summed E-state index contributed by atoms with van der Waals surface area (Å²) in [6.07, 6.45) is 5.06. The second-order valence-electron chi connectivity index (χ2n) is 9.77. The number of benzene rings is 1. The minimum absolute atomic E-state index is 0.0416. The predicted octanol–water partition coefficient (Wildman–Crippen LogP) is 2.61. The highest BCUT2D eigenvalue weighted by molar-refractivity contribution is 7.62. The SMILES string of the molecule is NC(=O)OC1CCCCCC=CC2CC2(c2ccccc2Cl)NC(=O)C2(C(=O)N=S(=O)=O)CCCN2C1=O. The van der Waals surface area contributed by atoms with Gasteiger partial charge in [0.05, 0.1) is 5.54 Å². The van der Waals surface area contributed by atoms with Gasteiger partial charge in [0.1, 0.15) is 0 Å². The molecule has 1 aromatic carbocycles. The van der Waals surface area contributed by atoms with E-state index >= 15 is 0 Å². The third-order valence-electron chi connectivity index (χ3n) is 7.48. The van der Waals surface area contributed by atoms with E-state index in [4.69, 9.17) is 22.1 Å². The molecule has 1 aliphatic carbocycles. The van der Waals surface area contributed by atoms with Crippen molar-refractivity contribution >= 4 is 45.9 Å². The van der Waals surface area contributed by atoms with Gasteiger partial charge < -0.3 is 20.7 Å². The molecule has 204 valence electrons. The average molecular weight is 565 g/mol. The summed E-state index contributed by atoms with van der Waals surface area (Å²) in [7, 11) is -3.17. The summed E-state index contributed by atoms with van der Waals surface area (Å²) in [4.78, 5) is 53.7. The Kier molecular flexibility index (Phi) is 8.22. The Morgan fingerprint density at radius 2 is 1.92 bits per heavy atom. The van der Waals surface area contributed by atoms with Crippen molar-refractivity contribution in [2.45, 2.75) is 68.5 Å². The molecule has 4 unspecified atom stereocenters. The second-order valence-corrected chi connectivity index (χ2v) is 10.8. The molecular weight excluding hydrogens is 536 g/mol. The van der Waals surface area contributed by atoms with Crippen molar-refractivity contribution in [1.29, 1.82) is 0 Å². The number of carbonyl (C=O) groups excluding carboxylic acids is 4. The highest BCUT2D eigenvalue weighted by Crippen LogP contribution is 2.55. The normalized spacial score (nSPS) is 29.7. The fourth-order valence-corrected chi connectivity index (χ4v) is 6.15. The van der Waals surface area contributed by atoms with Crippen molar-refractivity contribution in [3.8, 4) is 0 Å². The number of fused-ring (bicyclic) bond motifs is 2. The molecule has 3 N–H and O–H groups in total. The monoisotopic (exact) mass is 564 g/mol. The van der Waals surface area contributed by atoms with Crippen LogP contribution >= 0.6 is 11.6 Å². The third-order valence-corrected chi connectivity index (χ3v) is 8.12. The molecule has 13 heteroatoms. The van der Waals surface area contributed by atoms with Gasteiger partial charge in [-0.05, 0) is 56.6 Å². The molecule has 4 atom stereocenters. The van der Waals surface area contributed by atoms with Gasteiger partial charge in [0, 0.05) is 17.5 Å². The summed E-state index contributed by atoms with van der Waals surface area (Å²) in [5.41, 5.74) is 2.65. The van der Waals surface area contributed by atoms with Crippen LogP contribution in [-0.2, 0) is 35.2 Å². The number of nitrogens with zero attached hydrogens (tertiary/aromatic N) is 2. The molecule has 1 saturated heterocycles. The number of ether oxygens (including phenoxy) is 1. The lowest BCUT2D eigenvalue weighted by Gasteiger charge is -2.37. The lowest BCUT2D eigenvalue weighted by atomic mass is 9.91. The number of rotatable bonds is 3. The van der Waals surface area contributed by atoms with E-state index in [2.05, 4.69) is 9.68 Å². The Morgan fingerprint density at radius 3 is 2.63 bits per heavy atom. The van der Waals surface area contributed by atoms with Gasteiger partial charge in [-0.25, -0.2) is 4.79 Å². The minimum Gasteiger partial charge on any atom is -0.436 e. The number of nitrogens with two attached hydrogens (primary N) is 1. The van der Waals surface area contributed by atoms with Crippen LogP contribution in [0.25, 0.3) is 0 Å². The van der Waals surface area contributed by atoms with Gasteiger partial charge in [-0.15, -0.1) is 0 Å². The molecule has 0 bridgehead atoms. The molecule has 0 radical (unpaired) electrons. The van der Waals surface area contributed by atoms with E-state index in [9.17, 15) is 27.6 Å². The van der Waals surface area contributed by atoms with E-state index < -0.39 is 51.5 Å². The van der Waals surface area contributed by atoms with Crippen molar-refractivity contribution in [2.75, 3.05) is 6.54 Å². The number of nitrogens with one attached hydrogen (secondary N) is 1. The summed E-state index contributed by atoms with van der Waals surface area (Å²) in [5, 5.41) is 3.37. The number of hydrogen-bond donors (Lipinski definition) is 2. The van der Waals surface area contributed by atoms with E-state index in [-0.39, 0.29) is 31.7 Å². The van der Waals surface area contributed by atoms with E-state index in [1.165, 1.54) is 0 Å². The molecular formula is C25H29ClN4O7S. The zero-order chi connectivity index (χ0) is 27.5. The van der Waals surface area contributed by atoms with E-state index in [1.54, 1.807) is 24.3 Å². The molecule has 11 nitrogen and oxygen atoms in total. The van der Waals surface area contributed by atoms with Crippen LogP contribution in [0.1, 0.15) is 56.9 Å². The zero-order valence-corrected chi connectivity index (χ0v) is 22.2. The minimum atomic E-state index is -3.17. The largest absolute Gasteiger partial charge is 0.436 e. The Hall–Kier alpha value is -3.25. The first-order chi connectivity index (χ1) is 18.1. The van der Waals surface area contributed by atoms with E-state index in [0.29, 0.717) is 23.4 Å². The predicted molar refractivity (Wildman–Crippen MR) is 136 cm³/mol. The number of halogens is 1. The summed E-state index contributed by atoms with van der Waals surface area (Å²) in [6.45, 7) is -0.0416. The topological polar surface area (TPSA) is 165 Å². The number of hydrogen-bond acceptors (Lipinski definition) is 7. The van der Waals surface area contributed by atoms with Crippen LogP contribution in [0.5, 0.6) is 0 Å². The van der Waals surface area contributed by atoms with E-state index in [0.717, 1.165) is 24.2 Å². The first kappa shape index (κ1) is 27.8. The first-order valence-electron chi connectivity index (χ1n) is 12.5. The molecule has 4 amide bonds. The summed E-state index contributed by atoms with van der Waals surface area (Å²) in [5.74, 6) is -3.10. The van der Waals surface area contributed by atoms with Crippen molar-refractivity contribution in [2.24, 2.45) is 16.0 Å². The zero-order valence-electron chi connectivity index (χ0n) is 20.6. The van der Waals surface area contributed by atoms with E-state index in [1.807, 2.05) is 12.2 Å². The van der Waals surface area contributed by atoms with Crippen molar-refractivity contribution < 1.29 is 32.3 Å². The van der Waals surface area contributed by atoms with Gasteiger partial charge in [-0.3, -0.25) is 14.4 Å². The van der Waals surface area contributed by atoms with Crippen LogP contribution < -0.4 is 11.1 Å². The van der Waals surface area contributed by atoms with Crippen LogP contribution in [0.4, 0.5) is 4.79 Å². The van der Waals surface area contributed by atoms with Crippen molar-refractivity contribution in [3.05, 3.63) is 47.0 Å². The van der Waals surface area contributed by atoms with Gasteiger partial charge in [0.15, 0.2) is 6.10 Å². The van der Waals surface area contributed by atoms with Crippen LogP contribution in [0, 0.1) is 5.92 Å². The van der Waals surface area contributed by atoms with Gasteiger partial charge in [-0.2, -0.15) is 8.42 Å². The van der Waals surface area contributed by atoms with Gasteiger partial charge in [-0.1, -0.05) is 52.7 Å². The maximum atomic E-state index is 14.1. The molecule has 0 aromatic heterocycles. The highest BCUT2D eigenvalue weighted by atomic mass is 35.5. The maximum absolute atomic E-state index is 14.1. The van der Waals surface area contributed by atoms with Gasteiger partial charge in [0.25, 0.3) is 17.7 Å². The number of amides is 4. The molecule has 2 fully saturated rings. The molecule has 4 rings (SSSR count). The molecule has 38 heavy (non-hydrogen) atoms. The third kappa shape index (κ3) is 5.32. The van der Waals surface area contributed by atoms with Gasteiger partial charge >= 0.3 is 16.6 Å². The second kappa shape index (κ2) is 11.2. The fraction of sp³-hybridized carbons (Fsp3) is 0.520. The first-order valence-corrected chi connectivity index (χ1v) is 13.9. The highest BCUT2D eigenvalue weighted by Gasteiger charge is 2.62. The lowest BCUT2D eigenvalue weighted by Crippen LogP contribution is -2.64. The number of allylic oxidation sites excluding steroid dienone is 1. The Bertz CT molecular complexity index is 1310. The average Bonchev–Trinajstić information content (AvgIpc) is 3.34. The number of primary amides is 1. The molecule has 3 aliphatic rings. The smallest absolute Gasteiger partial charge is 0.405 e. The number of carbonyl (C=O) groups is 4. The Labute approximate surface area is 226 Å². The molecule has 2 heterocycles. The molecule has 2 aliphatic heterocycles. The summed E-state index contributed by atoms with van der Waals surface area (Å²) >= 11 is 6.52. The quantitative estimate of drug-likeness (QED) is 0.420. The summed E-state index contributed by atoms with van der Waals surface area (Å²) < 4.78 is 31.0. The van der Waals surface area contributed by atoms with Crippen LogP contribution in [0.3, 0.4) is 0 Å². The van der Waals surface area contributed by atoms with Crippen LogP contribution in [-0.4, -0.2) is 55.3 Å². The van der Waals surface area contributed by atoms with Crippen molar-refractivity contribution in [1.82, 2.24) is 10.2 Å². The maximum Gasteiger partial charge on any atom is 0.405 e. The Morgan fingerprint density at radius 1 is 1.16 bits per heavy atom. The molecule has 1 aromatic rings. The fourth-order valence-electron chi connectivity index (χ4n) is 5.56. The summed E-state index contributed by atoms with van der Waals surface area (Å²) in [6, 6.07) is 7.02. The van der Waals surface area contributed by atoms with Gasteiger partial charge in [0.2, 0.25) is 5.54 Å². The standard InChI is InChI=1S/C25H29ClN4O7S/c26-18-11-7-6-10-17(18)24-15-16(24)9-4-2-1-3-5-12-19(37-23(27)34)20(31)30-14-8-13-25(30,21(32)28-24)22(33)29-38(35)36/h4,6-7,9-11,16,19H,1-3,5,8,12-15H2,(H2,27,34)(H,28,32). The lowest BCUT2D eigenvalue weighted by molar-refractivity contribution is -0.157. The Balaban J connectivity index is 1.83. The van der Waals surface area contributed by atoms with Crippen LogP contribution in [0.15, 0.2) is 40.8 Å². The molecule has 1 saturated carbocycles. The van der Waals surface area contributed by atoms with Crippen LogP contribution in [0.2, 0.25) is 5.02 Å². The molecule has 0 spiro atoms. The van der Waals surface area contributed by atoms with Crippen molar-refractivity contribution in [3.63, 3.8) is 0 Å².